The fourth-order valence-corrected chi connectivity index (χ4v) is 3.65. The van der Waals surface area contributed by atoms with Crippen molar-refractivity contribution in [1.82, 2.24) is 30.2 Å². The van der Waals surface area contributed by atoms with E-state index in [-0.39, 0.29) is 0 Å². The van der Waals surface area contributed by atoms with Crippen LogP contribution in [0.15, 0.2) is 60.9 Å². The monoisotopic (exact) mass is 469 g/mol. The highest BCUT2D eigenvalue weighted by Crippen LogP contribution is 2.24. The fraction of sp³-hybridized carbons (Fsp3) is 0.261. The molecule has 0 aliphatic carbocycles. The summed E-state index contributed by atoms with van der Waals surface area (Å²) in [5.74, 6) is 0. The molecule has 4 aromatic rings. The first-order valence-electron chi connectivity index (χ1n) is 10.4. The zero-order valence-electron chi connectivity index (χ0n) is 17.8. The number of benzene rings is 2. The standard InChI is InChI=1S/C23H25Cl2N7/c1-31(13-11-28-22-8-9-27-23-14-18(25)4-7-21(22)23)12-10-26-15-19-16-32(30-29-19)20-5-2-17(24)3-6-20/h2-9,14,16,26H,10-13,15H2,1H3,(H,27,28). The van der Waals surface area contributed by atoms with Crippen LogP contribution in [0, 0.1) is 0 Å². The van der Waals surface area contributed by atoms with E-state index in [2.05, 4.69) is 37.9 Å². The van der Waals surface area contributed by atoms with Crippen LogP contribution in [-0.2, 0) is 6.54 Å². The lowest BCUT2D eigenvalue weighted by molar-refractivity contribution is 0.343. The van der Waals surface area contributed by atoms with Crippen molar-refractivity contribution in [1.29, 1.82) is 0 Å². The Kier molecular flexibility index (Phi) is 7.55. The quantitative estimate of drug-likeness (QED) is 0.338. The molecule has 32 heavy (non-hydrogen) atoms. The molecule has 2 aromatic carbocycles. The van der Waals surface area contributed by atoms with Gasteiger partial charge in [0.2, 0.25) is 0 Å². The maximum Gasteiger partial charge on any atom is 0.0969 e. The van der Waals surface area contributed by atoms with E-state index in [1.54, 1.807) is 10.9 Å². The summed E-state index contributed by atoms with van der Waals surface area (Å²) in [6.45, 7) is 4.23. The van der Waals surface area contributed by atoms with Gasteiger partial charge < -0.3 is 15.5 Å². The number of hydrogen-bond acceptors (Lipinski definition) is 6. The molecule has 0 bridgehead atoms. The summed E-state index contributed by atoms with van der Waals surface area (Å²) < 4.78 is 1.75. The van der Waals surface area contributed by atoms with Crippen LogP contribution in [0.2, 0.25) is 10.0 Å². The molecule has 166 valence electrons. The van der Waals surface area contributed by atoms with Gasteiger partial charge in [0.25, 0.3) is 0 Å². The number of nitrogens with one attached hydrogen (secondary N) is 2. The lowest BCUT2D eigenvalue weighted by Gasteiger charge is -2.18. The average molecular weight is 470 g/mol. The largest absolute Gasteiger partial charge is 0.383 e. The molecule has 0 aliphatic heterocycles. The Morgan fingerprint density at radius 2 is 1.75 bits per heavy atom. The van der Waals surface area contributed by atoms with Crippen molar-refractivity contribution in [2.75, 3.05) is 38.5 Å². The van der Waals surface area contributed by atoms with Gasteiger partial charge in [0.05, 0.1) is 23.1 Å². The predicted molar refractivity (Wildman–Crippen MR) is 131 cm³/mol. The Bertz CT molecular complexity index is 1160. The van der Waals surface area contributed by atoms with Crippen molar-refractivity contribution in [2.45, 2.75) is 6.54 Å². The Hall–Kier alpha value is -2.71. The molecule has 4 rings (SSSR count). The van der Waals surface area contributed by atoms with E-state index in [0.29, 0.717) is 16.6 Å². The molecule has 0 saturated carbocycles. The molecule has 2 heterocycles. The number of fused-ring (bicyclic) bond motifs is 1. The van der Waals surface area contributed by atoms with E-state index in [4.69, 9.17) is 23.2 Å². The minimum Gasteiger partial charge on any atom is -0.383 e. The van der Waals surface area contributed by atoms with Crippen molar-refractivity contribution < 1.29 is 0 Å². The molecule has 0 radical (unpaired) electrons. The number of halogens is 2. The molecule has 0 atom stereocenters. The van der Waals surface area contributed by atoms with E-state index in [1.165, 1.54) is 0 Å². The first-order valence-corrected chi connectivity index (χ1v) is 11.2. The van der Waals surface area contributed by atoms with Crippen molar-refractivity contribution >= 4 is 39.8 Å². The molecule has 0 saturated heterocycles. The van der Waals surface area contributed by atoms with Crippen LogP contribution in [0.3, 0.4) is 0 Å². The van der Waals surface area contributed by atoms with Crippen molar-refractivity contribution in [3.05, 3.63) is 76.7 Å². The van der Waals surface area contributed by atoms with Gasteiger partial charge in [0.1, 0.15) is 0 Å². The Balaban J connectivity index is 1.17. The predicted octanol–water partition coefficient (Wildman–Crippen LogP) is 4.26. The summed E-state index contributed by atoms with van der Waals surface area (Å²) in [5, 5.41) is 17.8. The Morgan fingerprint density at radius 3 is 2.59 bits per heavy atom. The summed E-state index contributed by atoms with van der Waals surface area (Å²) in [6, 6.07) is 15.3. The number of likely N-dealkylation sites (N-methyl/N-ethyl adjacent to an activating group) is 1. The molecule has 0 fully saturated rings. The highest BCUT2D eigenvalue weighted by molar-refractivity contribution is 6.31. The summed E-state index contributed by atoms with van der Waals surface area (Å²) in [7, 11) is 2.12. The zero-order valence-corrected chi connectivity index (χ0v) is 19.3. The van der Waals surface area contributed by atoms with Gasteiger partial charge in [-0.05, 0) is 55.6 Å². The van der Waals surface area contributed by atoms with Gasteiger partial charge in [-0.2, -0.15) is 0 Å². The van der Waals surface area contributed by atoms with E-state index in [1.807, 2.05) is 54.7 Å². The smallest absolute Gasteiger partial charge is 0.0969 e. The van der Waals surface area contributed by atoms with Crippen LogP contribution in [0.1, 0.15) is 5.69 Å². The van der Waals surface area contributed by atoms with Gasteiger partial charge >= 0.3 is 0 Å². The van der Waals surface area contributed by atoms with Crippen molar-refractivity contribution in [2.24, 2.45) is 0 Å². The minimum absolute atomic E-state index is 0.672. The second-order valence-corrected chi connectivity index (χ2v) is 8.43. The molecule has 0 aliphatic rings. The lowest BCUT2D eigenvalue weighted by Crippen LogP contribution is -2.32. The number of nitrogens with zero attached hydrogens (tertiary/aromatic N) is 5. The zero-order chi connectivity index (χ0) is 22.3. The van der Waals surface area contributed by atoms with Gasteiger partial charge in [-0.25, -0.2) is 4.68 Å². The molecule has 0 unspecified atom stereocenters. The van der Waals surface area contributed by atoms with Crippen LogP contribution in [-0.4, -0.2) is 58.1 Å². The van der Waals surface area contributed by atoms with E-state index in [0.717, 1.165) is 54.2 Å². The highest BCUT2D eigenvalue weighted by atomic mass is 35.5. The van der Waals surface area contributed by atoms with Gasteiger partial charge in [-0.15, -0.1) is 5.10 Å². The second kappa shape index (κ2) is 10.7. The van der Waals surface area contributed by atoms with Crippen LogP contribution < -0.4 is 10.6 Å². The Labute approximate surface area is 197 Å². The van der Waals surface area contributed by atoms with Crippen molar-refractivity contribution in [3.63, 3.8) is 0 Å². The van der Waals surface area contributed by atoms with E-state index < -0.39 is 0 Å². The summed E-state index contributed by atoms with van der Waals surface area (Å²) in [6.07, 6.45) is 3.73. The summed E-state index contributed by atoms with van der Waals surface area (Å²) in [4.78, 5) is 6.67. The number of rotatable bonds is 10. The number of hydrogen-bond donors (Lipinski definition) is 2. The molecular weight excluding hydrogens is 445 g/mol. The third kappa shape index (κ3) is 5.95. The molecule has 9 heteroatoms. The molecule has 7 nitrogen and oxygen atoms in total. The van der Waals surface area contributed by atoms with Crippen LogP contribution in [0.4, 0.5) is 5.69 Å². The second-order valence-electron chi connectivity index (χ2n) is 7.56. The van der Waals surface area contributed by atoms with E-state index >= 15 is 0 Å². The SMILES string of the molecule is CN(CCNCc1cn(-c2ccc(Cl)cc2)nn1)CCNc1ccnc2cc(Cl)ccc12. The molecule has 0 spiro atoms. The maximum atomic E-state index is 6.06. The van der Waals surface area contributed by atoms with Gasteiger partial charge in [-0.3, -0.25) is 4.98 Å². The molecule has 2 N–H and O–H groups in total. The first kappa shape index (κ1) is 22.5. The molecule has 2 aromatic heterocycles. The number of anilines is 1. The molecule has 0 amide bonds. The van der Waals surface area contributed by atoms with Crippen LogP contribution in [0.25, 0.3) is 16.6 Å². The van der Waals surface area contributed by atoms with E-state index in [9.17, 15) is 0 Å². The summed E-state index contributed by atoms with van der Waals surface area (Å²) in [5.41, 5.74) is 3.80. The highest BCUT2D eigenvalue weighted by Gasteiger charge is 2.05. The average Bonchev–Trinajstić information content (AvgIpc) is 3.26. The Morgan fingerprint density at radius 1 is 0.969 bits per heavy atom. The summed E-state index contributed by atoms with van der Waals surface area (Å²) >= 11 is 12.0. The first-order chi connectivity index (χ1) is 15.6. The molecular formula is C23H25Cl2N7. The number of aromatic nitrogens is 4. The minimum atomic E-state index is 0.672. The maximum absolute atomic E-state index is 6.06. The lowest BCUT2D eigenvalue weighted by atomic mass is 10.2. The third-order valence-electron chi connectivity index (χ3n) is 5.12. The number of pyridine rings is 1. The van der Waals surface area contributed by atoms with Crippen LogP contribution >= 0.6 is 23.2 Å². The van der Waals surface area contributed by atoms with Crippen molar-refractivity contribution in [3.8, 4) is 5.69 Å². The van der Waals surface area contributed by atoms with Crippen LogP contribution in [0.5, 0.6) is 0 Å². The fourth-order valence-electron chi connectivity index (χ4n) is 3.35. The topological polar surface area (TPSA) is 70.9 Å². The third-order valence-corrected chi connectivity index (χ3v) is 5.61. The van der Waals surface area contributed by atoms with Gasteiger partial charge in [0.15, 0.2) is 0 Å². The van der Waals surface area contributed by atoms with Gasteiger partial charge in [-0.1, -0.05) is 28.4 Å². The van der Waals surface area contributed by atoms with Gasteiger partial charge in [0, 0.05) is 60.0 Å². The normalized spacial score (nSPS) is 11.4.